The summed E-state index contributed by atoms with van der Waals surface area (Å²) in [6.45, 7) is 0.983. The fourth-order valence-electron chi connectivity index (χ4n) is 4.18. The van der Waals surface area contributed by atoms with E-state index in [9.17, 15) is 0 Å². The van der Waals surface area contributed by atoms with Crippen molar-refractivity contribution in [2.45, 2.75) is 12.8 Å². The van der Waals surface area contributed by atoms with Crippen molar-refractivity contribution in [3.8, 4) is 68.6 Å². The van der Waals surface area contributed by atoms with Gasteiger partial charge in [0.1, 0.15) is 11.4 Å². The zero-order chi connectivity index (χ0) is 29.2. The minimum atomic E-state index is 0.478. The van der Waals surface area contributed by atoms with Crippen LogP contribution in [-0.4, -0.2) is 61.0 Å². The average molecular weight is 566 g/mol. The van der Waals surface area contributed by atoms with Crippen molar-refractivity contribution in [2.75, 3.05) is 55.9 Å². The quantitative estimate of drug-likeness (QED) is 0.153. The third kappa shape index (κ3) is 6.89. The van der Waals surface area contributed by atoms with Gasteiger partial charge in [-0.05, 0) is 55.3 Å². The molecule has 0 saturated heterocycles. The fourth-order valence-corrected chi connectivity index (χ4v) is 4.18. The van der Waals surface area contributed by atoms with E-state index in [1.807, 2.05) is 54.6 Å². The van der Waals surface area contributed by atoms with Crippen LogP contribution in [-0.2, 0) is 0 Å². The lowest BCUT2D eigenvalue weighted by Crippen LogP contribution is -2.04. The molecule has 0 bridgehead atoms. The molecule has 1 heterocycles. The molecule has 1 aromatic heterocycles. The molecular weight excluding hydrogens is 530 g/mol. The maximum atomic E-state index is 6.07. The first-order valence-electron chi connectivity index (χ1n) is 13.0. The van der Waals surface area contributed by atoms with E-state index in [0.29, 0.717) is 70.7 Å². The summed E-state index contributed by atoms with van der Waals surface area (Å²) < 4.78 is 50.1. The molecule has 0 spiro atoms. The SMILES string of the molecule is COc1ccc(OC)c(OCCCCOc2cc(-c3cc(-c4cc(OC)c(OC)c(OC)c4)no3)ccc2OC)c1. The number of nitrogens with zero attached hydrogens (tertiary/aromatic N) is 1. The minimum Gasteiger partial charge on any atom is -0.497 e. The summed E-state index contributed by atoms with van der Waals surface area (Å²) in [4.78, 5) is 0. The molecule has 4 rings (SSSR count). The smallest absolute Gasteiger partial charge is 0.203 e. The van der Waals surface area contributed by atoms with Crippen LogP contribution in [0, 0.1) is 0 Å². The Kier molecular flexibility index (Phi) is 10.0. The van der Waals surface area contributed by atoms with E-state index in [0.717, 1.165) is 24.0 Å². The fraction of sp³-hybridized carbons (Fsp3) is 0.323. The number of benzene rings is 3. The Labute approximate surface area is 239 Å². The van der Waals surface area contributed by atoms with Gasteiger partial charge in [0, 0.05) is 23.3 Å². The first-order valence-corrected chi connectivity index (χ1v) is 13.0. The number of rotatable bonds is 15. The molecule has 10 heteroatoms. The van der Waals surface area contributed by atoms with Crippen molar-refractivity contribution in [3.63, 3.8) is 0 Å². The maximum Gasteiger partial charge on any atom is 0.203 e. The molecule has 0 aliphatic carbocycles. The standard InChI is InChI=1S/C31H35NO9/c1-33-22-10-12-25(35-3)28(18-22)40-14-8-7-13-39-27-15-20(9-11-24(27)34-2)26-19-23(32-41-26)21-16-29(36-4)31(38-6)30(17-21)37-5/h9-12,15-19H,7-8,13-14H2,1-6H3. The molecule has 218 valence electrons. The first kappa shape index (κ1) is 29.3. The molecule has 0 aliphatic rings. The van der Waals surface area contributed by atoms with Crippen molar-refractivity contribution >= 4 is 0 Å². The molecule has 0 saturated carbocycles. The predicted octanol–water partition coefficient (Wildman–Crippen LogP) is 6.30. The van der Waals surface area contributed by atoms with Crippen LogP contribution in [0.25, 0.3) is 22.6 Å². The third-order valence-electron chi connectivity index (χ3n) is 6.34. The van der Waals surface area contributed by atoms with Gasteiger partial charge in [0.2, 0.25) is 5.75 Å². The summed E-state index contributed by atoms with van der Waals surface area (Å²) >= 11 is 0. The average Bonchev–Trinajstić information content (AvgIpc) is 3.52. The van der Waals surface area contributed by atoms with Gasteiger partial charge in [0.15, 0.2) is 40.3 Å². The highest BCUT2D eigenvalue weighted by molar-refractivity contribution is 5.72. The Morgan fingerprint density at radius 1 is 0.537 bits per heavy atom. The van der Waals surface area contributed by atoms with Crippen LogP contribution in [0.1, 0.15) is 12.8 Å². The van der Waals surface area contributed by atoms with Gasteiger partial charge in [0.05, 0.1) is 55.9 Å². The summed E-state index contributed by atoms with van der Waals surface area (Å²) in [7, 11) is 9.53. The summed E-state index contributed by atoms with van der Waals surface area (Å²) in [5.41, 5.74) is 2.17. The molecule has 0 atom stereocenters. The number of unbranched alkanes of at least 4 members (excludes halogenated alkanes) is 1. The second-order valence-electron chi connectivity index (χ2n) is 8.78. The zero-order valence-electron chi connectivity index (χ0n) is 24.1. The Balaban J connectivity index is 1.40. The molecule has 0 aliphatic heterocycles. The van der Waals surface area contributed by atoms with E-state index in [1.165, 1.54) is 0 Å². The van der Waals surface area contributed by atoms with Crippen LogP contribution < -0.4 is 37.9 Å². The van der Waals surface area contributed by atoms with Gasteiger partial charge < -0.3 is 42.4 Å². The highest BCUT2D eigenvalue weighted by atomic mass is 16.5. The number of ether oxygens (including phenoxy) is 8. The third-order valence-corrected chi connectivity index (χ3v) is 6.34. The van der Waals surface area contributed by atoms with Crippen LogP contribution >= 0.6 is 0 Å². The molecule has 4 aromatic rings. The topological polar surface area (TPSA) is 99.9 Å². The van der Waals surface area contributed by atoms with Gasteiger partial charge in [-0.2, -0.15) is 0 Å². The van der Waals surface area contributed by atoms with Crippen molar-refractivity contribution in [2.24, 2.45) is 0 Å². The Morgan fingerprint density at radius 3 is 1.66 bits per heavy atom. The lowest BCUT2D eigenvalue weighted by Gasteiger charge is -2.13. The molecule has 0 unspecified atom stereocenters. The first-order chi connectivity index (χ1) is 20.0. The van der Waals surface area contributed by atoms with E-state index in [1.54, 1.807) is 42.7 Å². The lowest BCUT2D eigenvalue weighted by molar-refractivity contribution is 0.251. The molecule has 0 amide bonds. The van der Waals surface area contributed by atoms with Crippen molar-refractivity contribution in [1.29, 1.82) is 0 Å². The van der Waals surface area contributed by atoms with Crippen LogP contribution in [0.3, 0.4) is 0 Å². The van der Waals surface area contributed by atoms with E-state index in [-0.39, 0.29) is 0 Å². The maximum absolute atomic E-state index is 6.07. The molecule has 10 nitrogen and oxygen atoms in total. The summed E-state index contributed by atoms with van der Waals surface area (Å²) in [6.07, 6.45) is 1.55. The highest BCUT2D eigenvalue weighted by Gasteiger charge is 2.18. The second kappa shape index (κ2) is 14.1. The number of hydrogen-bond acceptors (Lipinski definition) is 10. The van der Waals surface area contributed by atoms with E-state index in [4.69, 9.17) is 42.4 Å². The van der Waals surface area contributed by atoms with Gasteiger partial charge in [-0.3, -0.25) is 0 Å². The highest BCUT2D eigenvalue weighted by Crippen LogP contribution is 2.42. The number of hydrogen-bond donors (Lipinski definition) is 0. The van der Waals surface area contributed by atoms with E-state index in [2.05, 4.69) is 5.16 Å². The Hall–Kier alpha value is -4.73. The molecule has 0 radical (unpaired) electrons. The molecule has 41 heavy (non-hydrogen) atoms. The van der Waals surface area contributed by atoms with Crippen molar-refractivity contribution in [1.82, 2.24) is 5.16 Å². The Morgan fingerprint density at radius 2 is 1.10 bits per heavy atom. The number of aromatic nitrogens is 1. The Bertz CT molecular complexity index is 1410. The number of methoxy groups -OCH3 is 6. The van der Waals surface area contributed by atoms with Gasteiger partial charge in [-0.1, -0.05) is 5.16 Å². The van der Waals surface area contributed by atoms with Crippen molar-refractivity contribution < 1.29 is 42.4 Å². The molecule has 0 N–H and O–H groups in total. The van der Waals surface area contributed by atoms with Crippen LogP contribution in [0.2, 0.25) is 0 Å². The predicted molar refractivity (Wildman–Crippen MR) is 153 cm³/mol. The van der Waals surface area contributed by atoms with Gasteiger partial charge in [0.25, 0.3) is 0 Å². The lowest BCUT2D eigenvalue weighted by atomic mass is 10.1. The zero-order valence-corrected chi connectivity index (χ0v) is 24.1. The summed E-state index contributed by atoms with van der Waals surface area (Å²) in [5.74, 6) is 5.36. The van der Waals surface area contributed by atoms with Crippen molar-refractivity contribution in [3.05, 3.63) is 54.6 Å². The summed E-state index contributed by atoms with van der Waals surface area (Å²) in [6, 6.07) is 16.5. The van der Waals surface area contributed by atoms with E-state index < -0.39 is 0 Å². The summed E-state index contributed by atoms with van der Waals surface area (Å²) in [5, 5.41) is 4.26. The normalized spacial score (nSPS) is 10.6. The van der Waals surface area contributed by atoms with Gasteiger partial charge in [-0.15, -0.1) is 0 Å². The minimum absolute atomic E-state index is 0.478. The molecule has 0 fully saturated rings. The molecule has 3 aromatic carbocycles. The van der Waals surface area contributed by atoms with E-state index >= 15 is 0 Å². The van der Waals surface area contributed by atoms with Crippen LogP contribution in [0.4, 0.5) is 0 Å². The largest absolute Gasteiger partial charge is 0.497 e. The van der Waals surface area contributed by atoms with Crippen LogP contribution in [0.15, 0.2) is 59.1 Å². The monoisotopic (exact) mass is 565 g/mol. The van der Waals surface area contributed by atoms with Gasteiger partial charge >= 0.3 is 0 Å². The van der Waals surface area contributed by atoms with Gasteiger partial charge in [-0.25, -0.2) is 0 Å². The molecular formula is C31H35NO9. The van der Waals surface area contributed by atoms with Crippen LogP contribution in [0.5, 0.6) is 46.0 Å². The second-order valence-corrected chi connectivity index (χ2v) is 8.78.